The van der Waals surface area contributed by atoms with E-state index in [9.17, 15) is 0 Å². The van der Waals surface area contributed by atoms with E-state index >= 15 is 0 Å². The van der Waals surface area contributed by atoms with E-state index in [1.807, 2.05) is 0 Å². The Hall–Kier alpha value is -1.04. The van der Waals surface area contributed by atoms with E-state index in [1.165, 1.54) is 18.4 Å². The van der Waals surface area contributed by atoms with Crippen LogP contribution in [0.25, 0.3) is 5.57 Å². The molecule has 1 aromatic rings. The highest BCUT2D eigenvalue weighted by molar-refractivity contribution is 5.70. The molecule has 2 atom stereocenters. The SMILES string of the molecule is CC1(C)C2CC=C(c3ccccc3)C1C2. The highest BCUT2D eigenvalue weighted by Gasteiger charge is 2.51. The molecule has 1 saturated carbocycles. The Kier molecular flexibility index (Phi) is 1.83. The van der Waals surface area contributed by atoms with Gasteiger partial charge in [-0.25, -0.2) is 0 Å². The Morgan fingerprint density at radius 2 is 1.87 bits per heavy atom. The van der Waals surface area contributed by atoms with Gasteiger partial charge in [0.1, 0.15) is 0 Å². The van der Waals surface area contributed by atoms with Crippen LogP contribution in [-0.4, -0.2) is 0 Å². The normalized spacial score (nSPS) is 31.7. The third-order valence-electron chi connectivity index (χ3n) is 4.58. The van der Waals surface area contributed by atoms with Gasteiger partial charge in [-0.15, -0.1) is 0 Å². The summed E-state index contributed by atoms with van der Waals surface area (Å²) in [5.41, 5.74) is 3.58. The van der Waals surface area contributed by atoms with E-state index in [0.717, 1.165) is 11.8 Å². The first kappa shape index (κ1) is 9.21. The number of benzene rings is 1. The van der Waals surface area contributed by atoms with Gasteiger partial charge in [-0.05, 0) is 41.2 Å². The Bertz CT molecular complexity index is 397. The van der Waals surface area contributed by atoms with Gasteiger partial charge in [0.2, 0.25) is 0 Å². The number of fused-ring (bicyclic) bond motifs is 1. The van der Waals surface area contributed by atoms with Crippen LogP contribution in [0.15, 0.2) is 36.4 Å². The quantitative estimate of drug-likeness (QED) is 0.636. The molecule has 3 aliphatic rings. The summed E-state index contributed by atoms with van der Waals surface area (Å²) in [6, 6.07) is 10.9. The van der Waals surface area contributed by atoms with Crippen molar-refractivity contribution in [3.63, 3.8) is 0 Å². The highest BCUT2D eigenvalue weighted by Crippen LogP contribution is 2.61. The van der Waals surface area contributed by atoms with Crippen molar-refractivity contribution in [3.05, 3.63) is 42.0 Å². The van der Waals surface area contributed by atoms with Crippen molar-refractivity contribution >= 4 is 5.57 Å². The zero-order valence-corrected chi connectivity index (χ0v) is 9.53. The molecular formula is C15H18. The van der Waals surface area contributed by atoms with Gasteiger partial charge in [0.05, 0.1) is 0 Å². The van der Waals surface area contributed by atoms with Crippen molar-refractivity contribution in [3.8, 4) is 0 Å². The first-order valence-electron chi connectivity index (χ1n) is 5.95. The van der Waals surface area contributed by atoms with Crippen LogP contribution in [0.1, 0.15) is 32.3 Å². The van der Waals surface area contributed by atoms with Gasteiger partial charge < -0.3 is 0 Å². The molecule has 1 fully saturated rings. The first-order valence-corrected chi connectivity index (χ1v) is 5.95. The molecule has 0 N–H and O–H groups in total. The number of hydrogen-bond acceptors (Lipinski definition) is 0. The summed E-state index contributed by atoms with van der Waals surface area (Å²) in [5.74, 6) is 1.74. The van der Waals surface area contributed by atoms with Gasteiger partial charge >= 0.3 is 0 Å². The van der Waals surface area contributed by atoms with Gasteiger partial charge in [0.25, 0.3) is 0 Å². The second-order valence-electron chi connectivity index (χ2n) is 5.57. The first-order chi connectivity index (χ1) is 7.19. The molecule has 3 aliphatic carbocycles. The maximum Gasteiger partial charge on any atom is -0.0102 e. The molecule has 0 amide bonds. The Balaban J connectivity index is 1.99. The lowest BCUT2D eigenvalue weighted by Crippen LogP contribution is -2.47. The molecule has 15 heavy (non-hydrogen) atoms. The maximum absolute atomic E-state index is 2.47. The minimum Gasteiger partial charge on any atom is -0.0801 e. The van der Waals surface area contributed by atoms with Crippen LogP contribution in [0.2, 0.25) is 0 Å². The fourth-order valence-electron chi connectivity index (χ4n) is 3.30. The monoisotopic (exact) mass is 198 g/mol. The third kappa shape index (κ3) is 1.20. The molecule has 2 bridgehead atoms. The number of hydrogen-bond donors (Lipinski definition) is 0. The van der Waals surface area contributed by atoms with Gasteiger partial charge in [-0.3, -0.25) is 0 Å². The molecular weight excluding hydrogens is 180 g/mol. The standard InChI is InChI=1S/C15H18/c1-15(2)12-8-9-13(14(15)10-12)11-6-4-3-5-7-11/h3-7,9,12,14H,8,10H2,1-2H3. The molecule has 0 heteroatoms. The molecule has 1 aromatic carbocycles. The zero-order valence-electron chi connectivity index (χ0n) is 9.53. The van der Waals surface area contributed by atoms with Crippen LogP contribution >= 0.6 is 0 Å². The van der Waals surface area contributed by atoms with Crippen molar-refractivity contribution in [2.45, 2.75) is 26.7 Å². The lowest BCUT2D eigenvalue weighted by atomic mass is 9.48. The molecule has 0 heterocycles. The van der Waals surface area contributed by atoms with Crippen molar-refractivity contribution in [1.82, 2.24) is 0 Å². The Labute approximate surface area is 92.0 Å². The van der Waals surface area contributed by atoms with E-state index < -0.39 is 0 Å². The smallest absolute Gasteiger partial charge is 0.0102 e. The highest BCUT2D eigenvalue weighted by atomic mass is 14.5. The number of rotatable bonds is 1. The molecule has 0 radical (unpaired) electrons. The maximum atomic E-state index is 2.47. The minimum absolute atomic E-state index is 0.542. The van der Waals surface area contributed by atoms with Gasteiger partial charge in [0, 0.05) is 0 Å². The summed E-state index contributed by atoms with van der Waals surface area (Å²) in [6.45, 7) is 4.86. The van der Waals surface area contributed by atoms with E-state index in [0.29, 0.717) is 5.41 Å². The zero-order chi connectivity index (χ0) is 10.5. The molecule has 4 rings (SSSR count). The van der Waals surface area contributed by atoms with E-state index in [-0.39, 0.29) is 0 Å². The lowest BCUT2D eigenvalue weighted by Gasteiger charge is -2.56. The summed E-state index contributed by atoms with van der Waals surface area (Å²) in [4.78, 5) is 0. The van der Waals surface area contributed by atoms with Crippen molar-refractivity contribution in [2.24, 2.45) is 17.3 Å². The average Bonchev–Trinajstić information content (AvgIpc) is 2.30. The summed E-state index contributed by atoms with van der Waals surface area (Å²) in [5, 5.41) is 0. The second-order valence-corrected chi connectivity index (χ2v) is 5.57. The second kappa shape index (κ2) is 2.98. The molecule has 78 valence electrons. The summed E-state index contributed by atoms with van der Waals surface area (Å²) < 4.78 is 0. The molecule has 0 nitrogen and oxygen atoms in total. The van der Waals surface area contributed by atoms with Crippen LogP contribution in [0, 0.1) is 17.3 Å². The summed E-state index contributed by atoms with van der Waals surface area (Å²) >= 11 is 0. The van der Waals surface area contributed by atoms with Crippen molar-refractivity contribution in [1.29, 1.82) is 0 Å². The van der Waals surface area contributed by atoms with Crippen molar-refractivity contribution < 1.29 is 0 Å². The van der Waals surface area contributed by atoms with Crippen LogP contribution in [0.4, 0.5) is 0 Å². The summed E-state index contributed by atoms with van der Waals surface area (Å²) in [6.07, 6.45) is 5.17. The lowest BCUT2D eigenvalue weighted by molar-refractivity contribution is 0.0113. The van der Waals surface area contributed by atoms with Crippen LogP contribution in [0.3, 0.4) is 0 Å². The fraction of sp³-hybridized carbons (Fsp3) is 0.467. The van der Waals surface area contributed by atoms with Crippen molar-refractivity contribution in [2.75, 3.05) is 0 Å². The third-order valence-corrected chi connectivity index (χ3v) is 4.58. The molecule has 0 saturated heterocycles. The van der Waals surface area contributed by atoms with Crippen LogP contribution in [0.5, 0.6) is 0 Å². The van der Waals surface area contributed by atoms with E-state index in [1.54, 1.807) is 5.57 Å². The summed E-state index contributed by atoms with van der Waals surface area (Å²) in [7, 11) is 0. The van der Waals surface area contributed by atoms with E-state index in [2.05, 4.69) is 50.3 Å². The minimum atomic E-state index is 0.542. The topological polar surface area (TPSA) is 0 Å². The van der Waals surface area contributed by atoms with Gasteiger partial charge in [0.15, 0.2) is 0 Å². The van der Waals surface area contributed by atoms with Crippen LogP contribution < -0.4 is 0 Å². The average molecular weight is 198 g/mol. The van der Waals surface area contributed by atoms with Gasteiger partial charge in [-0.2, -0.15) is 0 Å². The Morgan fingerprint density at radius 1 is 1.13 bits per heavy atom. The molecule has 0 spiro atoms. The fourth-order valence-corrected chi connectivity index (χ4v) is 3.30. The predicted octanol–water partition coefficient (Wildman–Crippen LogP) is 4.14. The Morgan fingerprint density at radius 3 is 2.47 bits per heavy atom. The van der Waals surface area contributed by atoms with Crippen LogP contribution in [-0.2, 0) is 0 Å². The molecule has 0 aromatic heterocycles. The van der Waals surface area contributed by atoms with Gasteiger partial charge in [-0.1, -0.05) is 50.3 Å². The molecule has 2 unspecified atom stereocenters. The number of allylic oxidation sites excluding steroid dienone is 2. The van der Waals surface area contributed by atoms with E-state index in [4.69, 9.17) is 0 Å². The predicted molar refractivity (Wildman–Crippen MR) is 64.4 cm³/mol. The molecule has 0 aliphatic heterocycles. The largest absolute Gasteiger partial charge is 0.0801 e.